The molecule has 0 aliphatic carbocycles. The Morgan fingerprint density at radius 2 is 2.26 bits per heavy atom. The molecule has 0 aliphatic heterocycles. The number of aromatic nitrogens is 2. The van der Waals surface area contributed by atoms with Crippen LogP contribution >= 0.6 is 27.5 Å². The standard InChI is InChI=1S/C13H15BrClFN2O/c1-3-19-5-4-18-12-6-9(14)10(16)7-11(12)17-13(18)8(2)15/h6-8H,3-5H2,1-2H3. The molecule has 104 valence electrons. The fraction of sp³-hybridized carbons (Fsp3) is 0.462. The number of benzene rings is 1. The molecular weight excluding hydrogens is 335 g/mol. The molecule has 19 heavy (non-hydrogen) atoms. The van der Waals surface area contributed by atoms with E-state index in [0.29, 0.717) is 29.7 Å². The highest BCUT2D eigenvalue weighted by Crippen LogP contribution is 2.28. The van der Waals surface area contributed by atoms with Gasteiger partial charge >= 0.3 is 0 Å². The molecule has 1 aromatic heterocycles. The smallest absolute Gasteiger partial charge is 0.139 e. The van der Waals surface area contributed by atoms with Gasteiger partial charge in [-0.1, -0.05) is 0 Å². The van der Waals surface area contributed by atoms with E-state index in [1.54, 1.807) is 6.07 Å². The molecule has 0 saturated heterocycles. The Hall–Kier alpha value is -0.650. The first kappa shape index (κ1) is 14.8. The number of hydrogen-bond donors (Lipinski definition) is 0. The van der Waals surface area contributed by atoms with Crippen molar-refractivity contribution in [1.82, 2.24) is 9.55 Å². The number of hydrogen-bond acceptors (Lipinski definition) is 2. The maximum absolute atomic E-state index is 13.5. The van der Waals surface area contributed by atoms with Crippen molar-refractivity contribution in [3.05, 3.63) is 28.2 Å². The predicted molar refractivity (Wildman–Crippen MR) is 78.2 cm³/mol. The van der Waals surface area contributed by atoms with E-state index >= 15 is 0 Å². The Labute approximate surface area is 124 Å². The second-order valence-corrected chi connectivity index (χ2v) is 5.70. The van der Waals surface area contributed by atoms with Crippen molar-refractivity contribution in [1.29, 1.82) is 0 Å². The number of halogens is 3. The Balaban J connectivity index is 2.49. The van der Waals surface area contributed by atoms with Gasteiger partial charge in [-0.05, 0) is 35.8 Å². The van der Waals surface area contributed by atoms with Crippen molar-refractivity contribution >= 4 is 38.6 Å². The van der Waals surface area contributed by atoms with Gasteiger partial charge in [-0.3, -0.25) is 0 Å². The summed E-state index contributed by atoms with van der Waals surface area (Å²) in [5.41, 5.74) is 1.47. The van der Waals surface area contributed by atoms with E-state index in [9.17, 15) is 4.39 Å². The van der Waals surface area contributed by atoms with Crippen LogP contribution in [0.2, 0.25) is 0 Å². The lowest BCUT2D eigenvalue weighted by atomic mass is 10.3. The molecule has 6 heteroatoms. The van der Waals surface area contributed by atoms with Gasteiger partial charge in [0.05, 0.1) is 27.5 Å². The lowest BCUT2D eigenvalue weighted by Crippen LogP contribution is -2.09. The molecule has 0 radical (unpaired) electrons. The second-order valence-electron chi connectivity index (χ2n) is 4.19. The molecule has 2 rings (SSSR count). The van der Waals surface area contributed by atoms with E-state index in [2.05, 4.69) is 20.9 Å². The normalized spacial score (nSPS) is 13.1. The molecule has 1 atom stereocenters. The van der Waals surface area contributed by atoms with Gasteiger partial charge in [0, 0.05) is 19.2 Å². The zero-order valence-corrected chi connectivity index (χ0v) is 13.1. The highest BCUT2D eigenvalue weighted by molar-refractivity contribution is 9.10. The van der Waals surface area contributed by atoms with Crippen LogP contribution in [0.3, 0.4) is 0 Å². The minimum Gasteiger partial charge on any atom is -0.380 e. The largest absolute Gasteiger partial charge is 0.380 e. The summed E-state index contributed by atoms with van der Waals surface area (Å²) in [7, 11) is 0. The van der Waals surface area contributed by atoms with Crippen molar-refractivity contribution in [2.45, 2.75) is 25.8 Å². The van der Waals surface area contributed by atoms with Gasteiger partial charge < -0.3 is 9.30 Å². The summed E-state index contributed by atoms with van der Waals surface area (Å²) < 4.78 is 21.3. The lowest BCUT2D eigenvalue weighted by molar-refractivity contribution is 0.139. The molecule has 1 unspecified atom stereocenters. The average Bonchev–Trinajstić information content (AvgIpc) is 2.69. The van der Waals surface area contributed by atoms with Gasteiger partial charge in [0.15, 0.2) is 0 Å². The summed E-state index contributed by atoms with van der Waals surface area (Å²) in [5, 5.41) is -0.240. The first-order chi connectivity index (χ1) is 9.04. The fourth-order valence-electron chi connectivity index (χ4n) is 1.98. The van der Waals surface area contributed by atoms with Crippen molar-refractivity contribution < 1.29 is 9.13 Å². The molecular formula is C13H15BrClFN2O. The first-order valence-electron chi connectivity index (χ1n) is 6.11. The zero-order valence-electron chi connectivity index (χ0n) is 10.8. The molecule has 0 saturated carbocycles. The van der Waals surface area contributed by atoms with Crippen LogP contribution in [0.5, 0.6) is 0 Å². The van der Waals surface area contributed by atoms with Gasteiger partial charge in [0.1, 0.15) is 11.6 Å². The SMILES string of the molecule is CCOCCn1c(C(C)Cl)nc2cc(F)c(Br)cc21. The van der Waals surface area contributed by atoms with E-state index in [0.717, 1.165) is 11.3 Å². The van der Waals surface area contributed by atoms with Gasteiger partial charge in [-0.15, -0.1) is 11.6 Å². The third-order valence-corrected chi connectivity index (χ3v) is 3.64. The first-order valence-corrected chi connectivity index (χ1v) is 7.34. The van der Waals surface area contributed by atoms with Crippen molar-refractivity contribution in [2.75, 3.05) is 13.2 Å². The molecule has 2 aromatic rings. The molecule has 0 bridgehead atoms. The minimum absolute atomic E-state index is 0.240. The Kier molecular flexibility index (Phi) is 4.81. The summed E-state index contributed by atoms with van der Waals surface area (Å²) in [4.78, 5) is 4.41. The molecule has 3 nitrogen and oxygen atoms in total. The van der Waals surface area contributed by atoms with E-state index in [1.807, 2.05) is 18.4 Å². The number of fused-ring (bicyclic) bond motifs is 1. The Morgan fingerprint density at radius 3 is 2.89 bits per heavy atom. The average molecular weight is 350 g/mol. The molecule has 0 fully saturated rings. The fourth-order valence-corrected chi connectivity index (χ4v) is 2.48. The maximum atomic E-state index is 13.5. The van der Waals surface area contributed by atoms with E-state index < -0.39 is 0 Å². The molecule has 0 amide bonds. The van der Waals surface area contributed by atoms with E-state index in [1.165, 1.54) is 6.07 Å². The quantitative estimate of drug-likeness (QED) is 0.595. The van der Waals surface area contributed by atoms with Gasteiger partial charge in [0.2, 0.25) is 0 Å². The summed E-state index contributed by atoms with van der Waals surface area (Å²) in [6.45, 7) is 5.69. The van der Waals surface area contributed by atoms with E-state index in [4.69, 9.17) is 16.3 Å². The third kappa shape index (κ3) is 3.09. The van der Waals surface area contributed by atoms with Crippen LogP contribution in [0.4, 0.5) is 4.39 Å². The van der Waals surface area contributed by atoms with Crippen LogP contribution in [0.25, 0.3) is 11.0 Å². The number of ether oxygens (including phenoxy) is 1. The Morgan fingerprint density at radius 1 is 1.53 bits per heavy atom. The van der Waals surface area contributed by atoms with Gasteiger partial charge in [-0.2, -0.15) is 0 Å². The predicted octanol–water partition coefficient (Wildman–Crippen LogP) is 4.27. The summed E-state index contributed by atoms with van der Waals surface area (Å²) >= 11 is 9.34. The summed E-state index contributed by atoms with van der Waals surface area (Å²) in [6, 6.07) is 3.14. The lowest BCUT2D eigenvalue weighted by Gasteiger charge is -2.10. The monoisotopic (exact) mass is 348 g/mol. The van der Waals surface area contributed by atoms with Crippen LogP contribution in [0.1, 0.15) is 25.0 Å². The molecule has 0 N–H and O–H groups in total. The summed E-state index contributed by atoms with van der Waals surface area (Å²) in [5.74, 6) is 0.407. The highest BCUT2D eigenvalue weighted by Gasteiger charge is 2.16. The molecule has 0 spiro atoms. The van der Waals surface area contributed by atoms with Crippen LogP contribution in [-0.2, 0) is 11.3 Å². The maximum Gasteiger partial charge on any atom is 0.139 e. The van der Waals surface area contributed by atoms with Crippen LogP contribution < -0.4 is 0 Å². The van der Waals surface area contributed by atoms with E-state index in [-0.39, 0.29) is 11.2 Å². The topological polar surface area (TPSA) is 27.1 Å². The number of nitrogens with zero attached hydrogens (tertiary/aromatic N) is 2. The Bertz CT molecular complexity index is 586. The highest BCUT2D eigenvalue weighted by atomic mass is 79.9. The molecule has 1 heterocycles. The number of alkyl halides is 1. The minimum atomic E-state index is -0.323. The van der Waals surface area contributed by atoms with Crippen molar-refractivity contribution in [3.63, 3.8) is 0 Å². The number of imidazole rings is 1. The van der Waals surface area contributed by atoms with Crippen LogP contribution in [0.15, 0.2) is 16.6 Å². The molecule has 1 aromatic carbocycles. The third-order valence-electron chi connectivity index (χ3n) is 2.84. The van der Waals surface area contributed by atoms with Gasteiger partial charge in [0.25, 0.3) is 0 Å². The van der Waals surface area contributed by atoms with Crippen LogP contribution in [0, 0.1) is 5.82 Å². The van der Waals surface area contributed by atoms with Crippen LogP contribution in [-0.4, -0.2) is 22.8 Å². The van der Waals surface area contributed by atoms with Crippen molar-refractivity contribution in [3.8, 4) is 0 Å². The zero-order chi connectivity index (χ0) is 14.0. The van der Waals surface area contributed by atoms with Gasteiger partial charge in [-0.25, -0.2) is 9.37 Å². The summed E-state index contributed by atoms with van der Waals surface area (Å²) in [6.07, 6.45) is 0. The number of rotatable bonds is 5. The second kappa shape index (κ2) is 6.20. The molecule has 0 aliphatic rings. The van der Waals surface area contributed by atoms with Crippen molar-refractivity contribution in [2.24, 2.45) is 0 Å².